The van der Waals surface area contributed by atoms with Gasteiger partial charge in [-0.15, -0.1) is 0 Å². The highest BCUT2D eigenvalue weighted by Crippen LogP contribution is 2.46. The highest BCUT2D eigenvalue weighted by molar-refractivity contribution is 7.92. The van der Waals surface area contributed by atoms with Gasteiger partial charge in [0, 0.05) is 23.8 Å². The zero-order valence-corrected chi connectivity index (χ0v) is 22.6. The Kier molecular flexibility index (Phi) is 7.30. The lowest BCUT2D eigenvalue weighted by molar-refractivity contribution is 0.0696. The van der Waals surface area contributed by atoms with E-state index in [-0.39, 0.29) is 17.5 Å². The van der Waals surface area contributed by atoms with Gasteiger partial charge in [-0.1, -0.05) is 66.7 Å². The molecule has 200 valence electrons. The summed E-state index contributed by atoms with van der Waals surface area (Å²) in [6, 6.07) is 31.2. The molecule has 1 aliphatic heterocycles. The average Bonchev–Trinajstić information content (AvgIpc) is 3.26. The molecule has 8 heteroatoms. The van der Waals surface area contributed by atoms with Crippen LogP contribution >= 0.6 is 0 Å². The smallest absolute Gasteiger partial charge is 0.335 e. The molecule has 7 nitrogen and oxygen atoms in total. The van der Waals surface area contributed by atoms with Crippen LogP contribution in [0.4, 0.5) is 11.4 Å². The minimum atomic E-state index is -3.45. The second kappa shape index (κ2) is 10.8. The van der Waals surface area contributed by atoms with Crippen LogP contribution in [0.2, 0.25) is 0 Å². The number of rotatable bonds is 9. The number of ether oxygens (including phenoxy) is 1. The molecule has 0 aromatic heterocycles. The molecule has 0 saturated heterocycles. The predicted molar refractivity (Wildman–Crippen MR) is 153 cm³/mol. The first kappa shape index (κ1) is 26.3. The van der Waals surface area contributed by atoms with E-state index in [2.05, 4.69) is 33.9 Å². The van der Waals surface area contributed by atoms with E-state index in [0.717, 1.165) is 34.2 Å². The van der Waals surface area contributed by atoms with Gasteiger partial charge >= 0.3 is 5.97 Å². The Morgan fingerprint density at radius 3 is 2.18 bits per heavy atom. The van der Waals surface area contributed by atoms with Crippen LogP contribution in [0.5, 0.6) is 5.75 Å². The van der Waals surface area contributed by atoms with Crippen molar-refractivity contribution in [3.63, 3.8) is 0 Å². The second-order valence-corrected chi connectivity index (χ2v) is 11.5. The van der Waals surface area contributed by atoms with Crippen molar-refractivity contribution >= 4 is 27.4 Å². The number of hydrogen-bond donors (Lipinski definition) is 2. The number of benzene rings is 4. The molecular weight excluding hydrogens is 512 g/mol. The van der Waals surface area contributed by atoms with Crippen LogP contribution < -0.4 is 14.4 Å². The number of fused-ring (bicyclic) bond motifs is 1. The molecule has 0 amide bonds. The molecular formula is C31H30N2O5S. The normalized spacial score (nSPS) is 14.7. The molecule has 1 aliphatic rings. The number of carboxylic acid groups (broad SMARTS) is 1. The van der Waals surface area contributed by atoms with E-state index in [0.29, 0.717) is 24.4 Å². The lowest BCUT2D eigenvalue weighted by atomic mass is 9.92. The number of aromatic carboxylic acids is 1. The van der Waals surface area contributed by atoms with Crippen LogP contribution in [0.1, 0.15) is 44.6 Å². The summed E-state index contributed by atoms with van der Waals surface area (Å²) < 4.78 is 32.2. The van der Waals surface area contributed by atoms with E-state index in [1.165, 1.54) is 7.11 Å². The maximum Gasteiger partial charge on any atom is 0.335 e. The Morgan fingerprint density at radius 2 is 1.62 bits per heavy atom. The van der Waals surface area contributed by atoms with Crippen molar-refractivity contribution < 1.29 is 23.1 Å². The molecule has 1 atom stereocenters. The summed E-state index contributed by atoms with van der Waals surface area (Å²) in [5.41, 5.74) is 5.90. The number of methoxy groups -OCH3 is 1. The van der Waals surface area contributed by atoms with Crippen LogP contribution in [0.15, 0.2) is 97.1 Å². The van der Waals surface area contributed by atoms with E-state index < -0.39 is 16.0 Å². The number of carbonyl (C=O) groups is 1. The molecule has 5 rings (SSSR count). The van der Waals surface area contributed by atoms with Crippen molar-refractivity contribution in [3.8, 4) is 5.75 Å². The van der Waals surface area contributed by atoms with Gasteiger partial charge in [0.25, 0.3) is 0 Å². The Hall–Kier alpha value is -4.30. The monoisotopic (exact) mass is 542 g/mol. The third kappa shape index (κ3) is 5.76. The molecule has 1 heterocycles. The highest BCUT2D eigenvalue weighted by Gasteiger charge is 2.35. The van der Waals surface area contributed by atoms with E-state index in [4.69, 9.17) is 4.74 Å². The first-order chi connectivity index (χ1) is 18.7. The van der Waals surface area contributed by atoms with Crippen molar-refractivity contribution in [2.75, 3.05) is 29.5 Å². The zero-order chi connectivity index (χ0) is 27.6. The van der Waals surface area contributed by atoms with Gasteiger partial charge in [-0.2, -0.15) is 0 Å². The van der Waals surface area contributed by atoms with Crippen molar-refractivity contribution in [1.82, 2.24) is 0 Å². The standard InChI is InChI=1S/C31H30N2O5S/c1-38-29-18-24(31(34)35)14-13-23(29)17-25-20-33(28-16-15-26(19-27(25)28)32-39(2,36)37)30(21-9-5-3-6-10-21)22-11-7-4-8-12-22/h3-16,18-19,25,30,32H,17,20H2,1-2H3,(H,34,35). The average molecular weight is 543 g/mol. The summed E-state index contributed by atoms with van der Waals surface area (Å²) in [5.74, 6) is -0.494. The minimum Gasteiger partial charge on any atom is -0.496 e. The van der Waals surface area contributed by atoms with E-state index >= 15 is 0 Å². The fraction of sp³-hybridized carbons (Fsp3) is 0.194. The lowest BCUT2D eigenvalue weighted by Gasteiger charge is -2.32. The summed E-state index contributed by atoms with van der Waals surface area (Å²) in [5, 5.41) is 9.43. The Balaban J connectivity index is 1.60. The van der Waals surface area contributed by atoms with Gasteiger partial charge < -0.3 is 14.7 Å². The quantitative estimate of drug-likeness (QED) is 0.282. The minimum absolute atomic E-state index is 0.000753. The second-order valence-electron chi connectivity index (χ2n) is 9.76. The molecule has 1 unspecified atom stereocenters. The third-order valence-corrected chi connectivity index (χ3v) is 7.65. The Bertz CT molecular complexity index is 1550. The molecule has 4 aromatic rings. The molecule has 0 spiro atoms. The summed E-state index contributed by atoms with van der Waals surface area (Å²) in [4.78, 5) is 13.9. The van der Waals surface area contributed by atoms with Gasteiger partial charge in [0.15, 0.2) is 0 Å². The molecule has 0 bridgehead atoms. The first-order valence-corrected chi connectivity index (χ1v) is 14.5. The SMILES string of the molecule is COc1cc(C(=O)O)ccc1CC1CN(C(c2ccccc2)c2ccccc2)c2ccc(NS(C)(=O)=O)cc21. The van der Waals surface area contributed by atoms with Crippen LogP contribution in [0.25, 0.3) is 0 Å². The largest absolute Gasteiger partial charge is 0.496 e. The summed E-state index contributed by atoms with van der Waals surface area (Å²) in [7, 11) is -1.91. The number of hydrogen-bond acceptors (Lipinski definition) is 5. The maximum atomic E-state index is 12.0. The van der Waals surface area contributed by atoms with Crippen LogP contribution in [-0.2, 0) is 16.4 Å². The van der Waals surface area contributed by atoms with Gasteiger partial charge in [-0.3, -0.25) is 4.72 Å². The van der Waals surface area contributed by atoms with Gasteiger partial charge in [0.2, 0.25) is 10.0 Å². The summed E-state index contributed by atoms with van der Waals surface area (Å²) >= 11 is 0. The van der Waals surface area contributed by atoms with Gasteiger partial charge in [0.1, 0.15) is 5.75 Å². The topological polar surface area (TPSA) is 95.9 Å². The van der Waals surface area contributed by atoms with E-state index in [9.17, 15) is 18.3 Å². The fourth-order valence-corrected chi connectivity index (χ4v) is 5.96. The van der Waals surface area contributed by atoms with Crippen LogP contribution in [-0.4, -0.2) is 39.4 Å². The molecule has 39 heavy (non-hydrogen) atoms. The van der Waals surface area contributed by atoms with E-state index in [1.54, 1.807) is 24.3 Å². The molecule has 4 aromatic carbocycles. The number of sulfonamides is 1. The van der Waals surface area contributed by atoms with E-state index in [1.807, 2.05) is 48.5 Å². The number of nitrogens with zero attached hydrogens (tertiary/aromatic N) is 1. The summed E-state index contributed by atoms with van der Waals surface area (Å²) in [6.45, 7) is 0.677. The predicted octanol–water partition coefficient (Wildman–Crippen LogP) is 5.70. The van der Waals surface area contributed by atoms with Crippen molar-refractivity contribution in [1.29, 1.82) is 0 Å². The zero-order valence-electron chi connectivity index (χ0n) is 21.7. The van der Waals surface area contributed by atoms with Gasteiger partial charge in [-0.25, -0.2) is 13.2 Å². The van der Waals surface area contributed by atoms with Crippen LogP contribution in [0.3, 0.4) is 0 Å². The fourth-order valence-electron chi connectivity index (χ4n) is 5.41. The highest BCUT2D eigenvalue weighted by atomic mass is 32.2. The molecule has 0 fully saturated rings. The number of carboxylic acids is 1. The summed E-state index contributed by atoms with van der Waals surface area (Å²) in [6.07, 6.45) is 1.73. The Labute approximate surface area is 228 Å². The lowest BCUT2D eigenvalue weighted by Crippen LogP contribution is -2.29. The molecule has 0 radical (unpaired) electrons. The Morgan fingerprint density at radius 1 is 0.974 bits per heavy atom. The van der Waals surface area contributed by atoms with Gasteiger partial charge in [-0.05, 0) is 59.0 Å². The first-order valence-electron chi connectivity index (χ1n) is 12.6. The molecule has 0 aliphatic carbocycles. The van der Waals surface area contributed by atoms with Crippen molar-refractivity contribution in [2.45, 2.75) is 18.4 Å². The van der Waals surface area contributed by atoms with Crippen molar-refractivity contribution in [3.05, 3.63) is 125 Å². The van der Waals surface area contributed by atoms with Gasteiger partial charge in [0.05, 0.1) is 25.0 Å². The maximum absolute atomic E-state index is 12.0. The molecule has 0 saturated carbocycles. The van der Waals surface area contributed by atoms with Crippen molar-refractivity contribution in [2.24, 2.45) is 0 Å². The number of nitrogens with one attached hydrogen (secondary N) is 1. The molecule has 2 N–H and O–H groups in total. The van der Waals surface area contributed by atoms with Crippen LogP contribution in [0, 0.1) is 0 Å². The number of anilines is 2. The third-order valence-electron chi connectivity index (χ3n) is 7.04.